The highest BCUT2D eigenvalue weighted by molar-refractivity contribution is 7.90. The van der Waals surface area contributed by atoms with E-state index >= 15 is 0 Å². The van der Waals surface area contributed by atoms with Crippen LogP contribution in [0.15, 0.2) is 52.4 Å². The topological polar surface area (TPSA) is 111 Å². The zero-order chi connectivity index (χ0) is 17.3. The number of benzene rings is 2. The van der Waals surface area contributed by atoms with Crippen LogP contribution in [0.25, 0.3) is 0 Å². The molecule has 24 heavy (non-hydrogen) atoms. The van der Waals surface area contributed by atoms with Crippen LogP contribution in [0.3, 0.4) is 0 Å². The van der Waals surface area contributed by atoms with Crippen molar-refractivity contribution in [1.82, 2.24) is 4.72 Å². The van der Waals surface area contributed by atoms with Crippen molar-refractivity contribution in [3.05, 3.63) is 63.7 Å². The van der Waals surface area contributed by atoms with E-state index in [1.165, 1.54) is 12.1 Å². The summed E-state index contributed by atoms with van der Waals surface area (Å²) in [7, 11) is -2.26. The largest absolute Gasteiger partial charge is 0.497 e. The summed E-state index contributed by atoms with van der Waals surface area (Å²) in [6, 6.07) is 10.9. The molecule has 1 N–H and O–H groups in total. The Bertz CT molecular complexity index is 936. The van der Waals surface area contributed by atoms with E-state index in [1.54, 1.807) is 19.2 Å². The van der Waals surface area contributed by atoms with Gasteiger partial charge < -0.3 is 4.74 Å². The summed E-state index contributed by atoms with van der Waals surface area (Å²) in [5.74, 6) is 0.890. The van der Waals surface area contributed by atoms with Crippen molar-refractivity contribution in [3.63, 3.8) is 0 Å². The number of ether oxygens (including phenoxy) is 1. The smallest absolute Gasteiger partial charge is 0.270 e. The summed E-state index contributed by atoms with van der Waals surface area (Å²) in [6.45, 7) is 0.262. The van der Waals surface area contributed by atoms with Gasteiger partial charge in [-0.15, -0.1) is 0 Å². The van der Waals surface area contributed by atoms with Crippen LogP contribution in [0.4, 0.5) is 5.69 Å². The monoisotopic (exact) mass is 347 g/mol. The number of sulfonamides is 1. The third kappa shape index (κ3) is 2.93. The normalized spacial score (nSPS) is 16.5. The quantitative estimate of drug-likeness (QED) is 0.670. The fourth-order valence-electron chi connectivity index (χ4n) is 2.30. The Morgan fingerprint density at radius 1 is 1.21 bits per heavy atom. The molecule has 0 fully saturated rings. The average molecular weight is 347 g/mol. The van der Waals surface area contributed by atoms with E-state index in [4.69, 9.17) is 4.74 Å². The Balaban J connectivity index is 1.92. The maximum Gasteiger partial charge on any atom is 0.270 e. The SMILES string of the molecule is COc1ccc(CN=C2NS(=O)(=O)c3cc([N+](=O)[O-])ccc32)cc1. The number of hydrogen-bond acceptors (Lipinski definition) is 6. The molecule has 2 aromatic rings. The lowest BCUT2D eigenvalue weighted by molar-refractivity contribution is -0.385. The number of methoxy groups -OCH3 is 1. The number of fused-ring (bicyclic) bond motifs is 1. The summed E-state index contributed by atoms with van der Waals surface area (Å²) in [4.78, 5) is 14.3. The maximum atomic E-state index is 12.1. The number of aliphatic imine (C=N–C) groups is 1. The summed E-state index contributed by atoms with van der Waals surface area (Å²) in [5, 5.41) is 10.8. The molecule has 3 rings (SSSR count). The van der Waals surface area contributed by atoms with Crippen LogP contribution in [0.5, 0.6) is 5.75 Å². The van der Waals surface area contributed by atoms with Crippen molar-refractivity contribution in [2.24, 2.45) is 4.99 Å². The van der Waals surface area contributed by atoms with Gasteiger partial charge in [0.05, 0.1) is 18.6 Å². The fourth-order valence-corrected chi connectivity index (χ4v) is 3.57. The van der Waals surface area contributed by atoms with Gasteiger partial charge in [0.1, 0.15) is 16.5 Å². The van der Waals surface area contributed by atoms with Gasteiger partial charge in [0, 0.05) is 17.7 Å². The van der Waals surface area contributed by atoms with Crippen LogP contribution in [0, 0.1) is 10.1 Å². The molecule has 0 radical (unpaired) electrons. The fraction of sp³-hybridized carbons (Fsp3) is 0.133. The Hall–Kier alpha value is -2.94. The predicted molar refractivity (Wildman–Crippen MR) is 86.7 cm³/mol. The van der Waals surface area contributed by atoms with Gasteiger partial charge in [0.15, 0.2) is 0 Å². The minimum absolute atomic E-state index is 0.134. The zero-order valence-electron chi connectivity index (χ0n) is 12.6. The molecule has 0 saturated heterocycles. The number of amidine groups is 1. The number of non-ortho nitro benzene ring substituents is 1. The second-order valence-electron chi connectivity index (χ2n) is 5.06. The second kappa shape index (κ2) is 5.93. The minimum atomic E-state index is -3.83. The van der Waals surface area contributed by atoms with Gasteiger partial charge in [-0.2, -0.15) is 0 Å². The molecule has 8 nitrogen and oxygen atoms in total. The molecule has 1 aliphatic rings. The molecule has 0 bridgehead atoms. The summed E-state index contributed by atoms with van der Waals surface area (Å²) in [5.41, 5.74) is 0.919. The molecule has 0 spiro atoms. The molecule has 0 aliphatic carbocycles. The first-order valence-corrected chi connectivity index (χ1v) is 8.38. The van der Waals surface area contributed by atoms with Crippen LogP contribution in [0.1, 0.15) is 11.1 Å². The molecule has 2 aromatic carbocycles. The van der Waals surface area contributed by atoms with Gasteiger partial charge in [-0.3, -0.25) is 19.8 Å². The van der Waals surface area contributed by atoms with Crippen molar-refractivity contribution >= 4 is 21.5 Å². The third-order valence-corrected chi connectivity index (χ3v) is 4.91. The number of nitro benzene ring substituents is 1. The second-order valence-corrected chi connectivity index (χ2v) is 6.71. The first kappa shape index (κ1) is 15.9. The molecular formula is C15H13N3O5S. The Labute approximate surface area is 138 Å². The highest BCUT2D eigenvalue weighted by Gasteiger charge is 2.32. The minimum Gasteiger partial charge on any atom is -0.497 e. The van der Waals surface area contributed by atoms with Crippen molar-refractivity contribution < 1.29 is 18.1 Å². The van der Waals surface area contributed by atoms with Crippen LogP contribution < -0.4 is 9.46 Å². The van der Waals surface area contributed by atoms with E-state index in [-0.39, 0.29) is 23.0 Å². The van der Waals surface area contributed by atoms with Crippen LogP contribution in [-0.2, 0) is 16.6 Å². The number of nitrogens with one attached hydrogen (secondary N) is 1. The molecule has 0 saturated carbocycles. The predicted octanol–water partition coefficient (Wildman–Crippen LogP) is 1.84. The first-order valence-electron chi connectivity index (χ1n) is 6.90. The lowest BCUT2D eigenvalue weighted by atomic mass is 10.2. The van der Waals surface area contributed by atoms with Crippen molar-refractivity contribution in [1.29, 1.82) is 0 Å². The molecule has 0 unspecified atom stereocenters. The Kier molecular flexibility index (Phi) is 3.94. The van der Waals surface area contributed by atoms with Crippen molar-refractivity contribution in [3.8, 4) is 5.75 Å². The average Bonchev–Trinajstić information content (AvgIpc) is 2.83. The van der Waals surface area contributed by atoms with Crippen LogP contribution >= 0.6 is 0 Å². The van der Waals surface area contributed by atoms with Gasteiger partial charge in [-0.05, 0) is 23.8 Å². The van der Waals surface area contributed by atoms with Gasteiger partial charge >= 0.3 is 0 Å². The van der Waals surface area contributed by atoms with Gasteiger partial charge in [0.25, 0.3) is 15.7 Å². The first-order chi connectivity index (χ1) is 11.4. The molecule has 124 valence electrons. The van der Waals surface area contributed by atoms with Crippen LogP contribution in [-0.4, -0.2) is 26.3 Å². The van der Waals surface area contributed by atoms with Crippen molar-refractivity contribution in [2.75, 3.05) is 7.11 Å². The van der Waals surface area contributed by atoms with E-state index < -0.39 is 14.9 Å². The summed E-state index contributed by atoms with van der Waals surface area (Å²) < 4.78 is 31.6. The lowest BCUT2D eigenvalue weighted by Gasteiger charge is -2.02. The molecule has 0 aromatic heterocycles. The maximum absolute atomic E-state index is 12.1. The molecule has 9 heteroatoms. The standard InChI is InChI=1S/C15H13N3O5S/c1-23-12-5-2-10(3-6-12)9-16-15-13-7-4-11(18(19)20)8-14(13)24(21,22)17-15/h2-8H,9H2,1H3,(H,16,17). The van der Waals surface area contributed by atoms with E-state index in [1.807, 2.05) is 12.1 Å². The highest BCUT2D eigenvalue weighted by Crippen LogP contribution is 2.27. The lowest BCUT2D eigenvalue weighted by Crippen LogP contribution is -2.22. The van der Waals surface area contributed by atoms with Gasteiger partial charge in [-0.1, -0.05) is 12.1 Å². The number of nitrogens with zero attached hydrogens (tertiary/aromatic N) is 2. The van der Waals surface area contributed by atoms with E-state index in [0.717, 1.165) is 11.6 Å². The van der Waals surface area contributed by atoms with Crippen LogP contribution in [0.2, 0.25) is 0 Å². The molecule has 1 heterocycles. The number of nitro groups is 1. The highest BCUT2D eigenvalue weighted by atomic mass is 32.2. The van der Waals surface area contributed by atoms with E-state index in [0.29, 0.717) is 11.3 Å². The summed E-state index contributed by atoms with van der Waals surface area (Å²) >= 11 is 0. The van der Waals surface area contributed by atoms with E-state index in [9.17, 15) is 18.5 Å². The molecule has 1 aliphatic heterocycles. The van der Waals surface area contributed by atoms with Crippen molar-refractivity contribution in [2.45, 2.75) is 11.4 Å². The van der Waals surface area contributed by atoms with Gasteiger partial charge in [-0.25, -0.2) is 8.42 Å². The zero-order valence-corrected chi connectivity index (χ0v) is 13.4. The summed E-state index contributed by atoms with van der Waals surface area (Å²) in [6.07, 6.45) is 0. The Morgan fingerprint density at radius 3 is 2.54 bits per heavy atom. The third-order valence-electron chi connectivity index (χ3n) is 3.53. The van der Waals surface area contributed by atoms with Gasteiger partial charge in [0.2, 0.25) is 0 Å². The Morgan fingerprint density at radius 2 is 1.92 bits per heavy atom. The van der Waals surface area contributed by atoms with E-state index in [2.05, 4.69) is 9.71 Å². The molecule has 0 amide bonds. The number of rotatable bonds is 4. The molecule has 0 atom stereocenters. The molecular weight excluding hydrogens is 334 g/mol. The number of hydrogen-bond donors (Lipinski definition) is 1.